The molecule has 5 nitrogen and oxygen atoms in total. The van der Waals surface area contributed by atoms with Gasteiger partial charge in [0.05, 0.1) is 6.04 Å². The van der Waals surface area contributed by atoms with Gasteiger partial charge in [0.2, 0.25) is 5.91 Å². The second-order valence-corrected chi connectivity index (χ2v) is 9.83. The predicted molar refractivity (Wildman–Crippen MR) is 155 cm³/mol. The normalized spacial score (nSPS) is 11.9. The second kappa shape index (κ2) is 12.5. The van der Waals surface area contributed by atoms with Crippen molar-refractivity contribution in [3.05, 3.63) is 96.1 Å². The van der Waals surface area contributed by atoms with Crippen molar-refractivity contribution in [2.24, 2.45) is 12.5 Å². The van der Waals surface area contributed by atoms with E-state index in [2.05, 4.69) is 41.5 Å². The molecule has 0 aliphatic carbocycles. The number of carbonyl (C=O) groups is 1. The lowest BCUT2D eigenvalue weighted by Crippen LogP contribution is -2.39. The molecule has 3 aromatic heterocycles. The van der Waals surface area contributed by atoms with Gasteiger partial charge >= 0.3 is 0 Å². The third kappa shape index (κ3) is 6.94. The fourth-order valence-corrected chi connectivity index (χ4v) is 4.30. The van der Waals surface area contributed by atoms with Crippen LogP contribution in [0.5, 0.6) is 0 Å². The average molecular weight is 500 g/mol. The van der Waals surface area contributed by atoms with E-state index in [1.165, 1.54) is 16.3 Å². The SMILES string of the molecule is CC.CC(NC(=O)C(C)(C)Cc1c[nH]c2ccccc12)c1ccn(C)c1.CCc1cc2ccccc2o1. The van der Waals surface area contributed by atoms with Crippen molar-refractivity contribution in [1.29, 1.82) is 0 Å². The Kier molecular flexibility index (Phi) is 9.40. The first kappa shape index (κ1) is 27.9. The van der Waals surface area contributed by atoms with Crippen molar-refractivity contribution < 1.29 is 9.21 Å². The Hall–Kier alpha value is -3.73. The number of H-pyrrole nitrogens is 1. The number of hydrogen-bond donors (Lipinski definition) is 2. The van der Waals surface area contributed by atoms with Crippen LogP contribution in [0.1, 0.15) is 64.5 Å². The third-order valence-electron chi connectivity index (χ3n) is 6.45. The van der Waals surface area contributed by atoms with Crippen LogP contribution in [-0.4, -0.2) is 15.5 Å². The number of benzene rings is 2. The Labute approximate surface area is 220 Å². The first-order valence-corrected chi connectivity index (χ1v) is 13.2. The molecule has 37 heavy (non-hydrogen) atoms. The van der Waals surface area contributed by atoms with Gasteiger partial charge in [-0.15, -0.1) is 0 Å². The first-order chi connectivity index (χ1) is 17.8. The maximum Gasteiger partial charge on any atom is 0.226 e. The van der Waals surface area contributed by atoms with Gasteiger partial charge < -0.3 is 19.3 Å². The van der Waals surface area contributed by atoms with Crippen LogP contribution >= 0.6 is 0 Å². The van der Waals surface area contributed by atoms with Crippen LogP contribution in [0, 0.1) is 5.41 Å². The van der Waals surface area contributed by atoms with E-state index in [0.717, 1.165) is 28.8 Å². The number of para-hydroxylation sites is 2. The summed E-state index contributed by atoms with van der Waals surface area (Å²) < 4.78 is 7.51. The van der Waals surface area contributed by atoms with Crippen LogP contribution in [0.25, 0.3) is 21.9 Å². The molecule has 0 aliphatic rings. The van der Waals surface area contributed by atoms with Gasteiger partial charge in [-0.1, -0.05) is 71.0 Å². The number of furan rings is 1. The monoisotopic (exact) mass is 499 g/mol. The van der Waals surface area contributed by atoms with Gasteiger partial charge in [-0.25, -0.2) is 0 Å². The highest BCUT2D eigenvalue weighted by atomic mass is 16.3. The molecule has 1 atom stereocenters. The molecule has 2 N–H and O–H groups in total. The molecular weight excluding hydrogens is 458 g/mol. The van der Waals surface area contributed by atoms with Crippen LogP contribution < -0.4 is 5.32 Å². The van der Waals surface area contributed by atoms with Gasteiger partial charge in [0.25, 0.3) is 0 Å². The van der Waals surface area contributed by atoms with Crippen molar-refractivity contribution in [2.45, 2.75) is 60.4 Å². The second-order valence-electron chi connectivity index (χ2n) is 9.83. The van der Waals surface area contributed by atoms with Crippen molar-refractivity contribution in [2.75, 3.05) is 0 Å². The Morgan fingerprint density at radius 3 is 2.46 bits per heavy atom. The predicted octanol–water partition coefficient (Wildman–Crippen LogP) is 7.97. The summed E-state index contributed by atoms with van der Waals surface area (Å²) >= 11 is 0. The van der Waals surface area contributed by atoms with Crippen LogP contribution in [0.3, 0.4) is 0 Å². The molecule has 5 heteroatoms. The Morgan fingerprint density at radius 1 is 1.08 bits per heavy atom. The van der Waals surface area contributed by atoms with Gasteiger partial charge in [-0.2, -0.15) is 0 Å². The van der Waals surface area contributed by atoms with E-state index in [1.54, 1.807) is 0 Å². The van der Waals surface area contributed by atoms with E-state index in [4.69, 9.17) is 4.42 Å². The molecule has 0 spiro atoms. The number of fused-ring (bicyclic) bond motifs is 2. The van der Waals surface area contributed by atoms with E-state index in [-0.39, 0.29) is 11.9 Å². The lowest BCUT2D eigenvalue weighted by molar-refractivity contribution is -0.130. The number of amides is 1. The van der Waals surface area contributed by atoms with E-state index in [9.17, 15) is 4.79 Å². The maximum absolute atomic E-state index is 12.8. The number of hydrogen-bond acceptors (Lipinski definition) is 2. The largest absolute Gasteiger partial charge is 0.461 e. The molecule has 5 rings (SSSR count). The molecule has 0 saturated heterocycles. The summed E-state index contributed by atoms with van der Waals surface area (Å²) in [7, 11) is 1.99. The zero-order valence-corrected chi connectivity index (χ0v) is 23.3. The molecule has 1 amide bonds. The quantitative estimate of drug-likeness (QED) is 0.249. The summed E-state index contributed by atoms with van der Waals surface area (Å²) in [6, 6.07) is 20.4. The average Bonchev–Trinajstić information content (AvgIpc) is 3.63. The van der Waals surface area contributed by atoms with Gasteiger partial charge in [0, 0.05) is 53.8 Å². The van der Waals surface area contributed by atoms with Gasteiger partial charge in [-0.05, 0) is 48.7 Å². The Balaban J connectivity index is 0.000000243. The molecule has 1 unspecified atom stereocenters. The summed E-state index contributed by atoms with van der Waals surface area (Å²) in [5.41, 5.74) is 3.92. The van der Waals surface area contributed by atoms with Gasteiger partial charge in [0.15, 0.2) is 0 Å². The number of carbonyl (C=O) groups excluding carboxylic acids is 1. The van der Waals surface area contributed by atoms with Gasteiger partial charge in [-0.3, -0.25) is 4.79 Å². The molecule has 0 aliphatic heterocycles. The highest BCUT2D eigenvalue weighted by Crippen LogP contribution is 2.28. The fourth-order valence-electron chi connectivity index (χ4n) is 4.30. The number of nitrogens with zero attached hydrogens (tertiary/aromatic N) is 1. The minimum Gasteiger partial charge on any atom is -0.461 e. The maximum atomic E-state index is 12.8. The zero-order chi connectivity index (χ0) is 27.0. The molecular formula is C32H41N3O2. The Morgan fingerprint density at radius 2 is 1.78 bits per heavy atom. The van der Waals surface area contributed by atoms with Crippen LogP contribution in [0.4, 0.5) is 0 Å². The lowest BCUT2D eigenvalue weighted by Gasteiger charge is -2.25. The third-order valence-corrected chi connectivity index (χ3v) is 6.45. The van der Waals surface area contributed by atoms with Gasteiger partial charge in [0.1, 0.15) is 11.3 Å². The van der Waals surface area contributed by atoms with E-state index < -0.39 is 5.41 Å². The van der Waals surface area contributed by atoms with Crippen molar-refractivity contribution >= 4 is 27.8 Å². The topological polar surface area (TPSA) is 63.0 Å². The highest BCUT2D eigenvalue weighted by Gasteiger charge is 2.30. The molecule has 2 aromatic carbocycles. The van der Waals surface area contributed by atoms with E-state index >= 15 is 0 Å². The van der Waals surface area contributed by atoms with Crippen LogP contribution in [-0.2, 0) is 24.7 Å². The smallest absolute Gasteiger partial charge is 0.226 e. The molecule has 0 fully saturated rings. The molecule has 0 bridgehead atoms. The van der Waals surface area contributed by atoms with Crippen LogP contribution in [0.15, 0.2) is 83.7 Å². The standard InChI is InChI=1S/C20H25N3O.C10H10O.C2H6/c1-14(15-9-10-23(4)13-15)22-19(24)20(2,3)11-16-12-21-18-8-6-5-7-17(16)18;1-2-9-7-8-5-3-4-6-10(8)11-9;1-2/h5-10,12-14,21H,11H2,1-4H3,(H,22,24);3-7H,2H2,1H3;1-2H3. The molecule has 3 heterocycles. The number of nitrogens with one attached hydrogen (secondary N) is 2. The fraction of sp³-hybridized carbons (Fsp3) is 0.344. The summed E-state index contributed by atoms with van der Waals surface area (Å²) in [6.07, 6.45) is 7.71. The number of aromatic nitrogens is 2. The first-order valence-electron chi connectivity index (χ1n) is 13.2. The highest BCUT2D eigenvalue weighted by molar-refractivity contribution is 5.86. The van der Waals surface area contributed by atoms with Crippen molar-refractivity contribution in [3.8, 4) is 0 Å². The van der Waals surface area contributed by atoms with Crippen molar-refractivity contribution in [3.63, 3.8) is 0 Å². The minimum atomic E-state index is -0.478. The molecule has 5 aromatic rings. The lowest BCUT2D eigenvalue weighted by atomic mass is 9.84. The van der Waals surface area contributed by atoms with E-state index in [1.807, 2.05) is 101 Å². The number of aromatic amines is 1. The Bertz CT molecular complexity index is 1390. The summed E-state index contributed by atoms with van der Waals surface area (Å²) in [6.45, 7) is 12.1. The number of rotatable bonds is 6. The molecule has 0 saturated carbocycles. The van der Waals surface area contributed by atoms with Crippen LogP contribution in [0.2, 0.25) is 0 Å². The molecule has 196 valence electrons. The van der Waals surface area contributed by atoms with E-state index in [0.29, 0.717) is 6.42 Å². The summed E-state index contributed by atoms with van der Waals surface area (Å²) in [5, 5.41) is 5.54. The van der Waals surface area contributed by atoms with Crippen molar-refractivity contribution in [1.82, 2.24) is 14.9 Å². The molecule has 0 radical (unpaired) electrons. The minimum absolute atomic E-state index is 0.000874. The summed E-state index contributed by atoms with van der Waals surface area (Å²) in [5.74, 6) is 1.13. The zero-order valence-electron chi connectivity index (χ0n) is 23.3. The summed E-state index contributed by atoms with van der Waals surface area (Å²) in [4.78, 5) is 16.1. The number of aryl methyl sites for hydroxylation is 2.